The second-order valence-corrected chi connectivity index (χ2v) is 2.51. The van der Waals surface area contributed by atoms with Gasteiger partial charge in [-0.25, -0.2) is 0 Å². The maximum atomic E-state index is 10.9. The van der Waals surface area contributed by atoms with Crippen LogP contribution in [0.15, 0.2) is 0 Å². The summed E-state index contributed by atoms with van der Waals surface area (Å²) >= 11 is 0. The van der Waals surface area contributed by atoms with Crippen molar-refractivity contribution in [2.75, 3.05) is 17.2 Å². The van der Waals surface area contributed by atoms with Crippen LogP contribution in [0.4, 0.5) is 17.5 Å². The van der Waals surface area contributed by atoms with Gasteiger partial charge in [-0.3, -0.25) is 4.79 Å². The van der Waals surface area contributed by atoms with Crippen molar-refractivity contribution in [3.05, 3.63) is 0 Å². The maximum Gasteiger partial charge on any atom is 0.312 e. The Balaban J connectivity index is 3.02. The lowest BCUT2D eigenvalue weighted by Gasteiger charge is -2.06. The molecule has 0 fully saturated rings. The molecule has 0 aliphatic heterocycles. The second-order valence-electron chi connectivity index (χ2n) is 2.51. The van der Waals surface area contributed by atoms with Crippen LogP contribution < -0.4 is 21.9 Å². The molecule has 14 heavy (non-hydrogen) atoms. The molecule has 1 aromatic rings. The number of anilines is 3. The fourth-order valence-electron chi connectivity index (χ4n) is 0.740. The number of carbonyl (C=O) groups excluding carboxylic acids is 1. The van der Waals surface area contributed by atoms with Gasteiger partial charge in [0.05, 0.1) is 0 Å². The highest BCUT2D eigenvalue weighted by atomic mass is 16.5. The number of ether oxygens (including phenoxy) is 1. The van der Waals surface area contributed by atoms with E-state index in [-0.39, 0.29) is 29.8 Å². The van der Waals surface area contributed by atoms with Gasteiger partial charge >= 0.3 is 5.97 Å². The lowest BCUT2D eigenvalue weighted by molar-refractivity contribution is -0.134. The Morgan fingerprint density at radius 1 is 1.36 bits per heavy atom. The number of rotatable bonds is 2. The molecule has 7 heteroatoms. The molecule has 76 valence electrons. The van der Waals surface area contributed by atoms with Crippen molar-refractivity contribution in [2.24, 2.45) is 0 Å². The average Bonchev–Trinajstić information content (AvgIpc) is 2.13. The van der Waals surface area contributed by atoms with E-state index >= 15 is 0 Å². The first kappa shape index (κ1) is 10.0. The van der Waals surface area contributed by atoms with Crippen LogP contribution in [0, 0.1) is 0 Å². The third kappa shape index (κ3) is 2.00. The Bertz CT molecular complexity index is 365. The Morgan fingerprint density at radius 3 is 2.57 bits per heavy atom. The van der Waals surface area contributed by atoms with Gasteiger partial charge in [0, 0.05) is 6.42 Å². The van der Waals surface area contributed by atoms with Crippen LogP contribution in [-0.4, -0.2) is 15.9 Å². The summed E-state index contributed by atoms with van der Waals surface area (Å²) in [4.78, 5) is 18.2. The van der Waals surface area contributed by atoms with Crippen LogP contribution in [0.2, 0.25) is 0 Å². The molecule has 6 N–H and O–H groups in total. The van der Waals surface area contributed by atoms with Gasteiger partial charge in [-0.1, -0.05) is 6.92 Å². The number of aromatic nitrogens is 2. The summed E-state index contributed by atoms with van der Waals surface area (Å²) in [6.07, 6.45) is 0.212. The molecule has 0 atom stereocenters. The minimum absolute atomic E-state index is 0.00333. The number of nitrogen functional groups attached to an aromatic ring is 3. The molecule has 0 spiro atoms. The fraction of sp³-hybridized carbons (Fsp3) is 0.286. The molecule has 0 aromatic carbocycles. The summed E-state index contributed by atoms with van der Waals surface area (Å²) in [5.41, 5.74) is 16.2. The highest BCUT2D eigenvalue weighted by Crippen LogP contribution is 2.24. The van der Waals surface area contributed by atoms with Crippen molar-refractivity contribution in [2.45, 2.75) is 13.3 Å². The van der Waals surface area contributed by atoms with Gasteiger partial charge in [-0.05, 0) is 0 Å². The normalized spacial score (nSPS) is 9.79. The van der Waals surface area contributed by atoms with Crippen molar-refractivity contribution in [3.63, 3.8) is 0 Å². The number of carbonyl (C=O) groups is 1. The fourth-order valence-corrected chi connectivity index (χ4v) is 0.740. The molecular weight excluding hydrogens is 186 g/mol. The number of hydrogen-bond donors (Lipinski definition) is 3. The first-order valence-electron chi connectivity index (χ1n) is 3.93. The van der Waals surface area contributed by atoms with E-state index in [2.05, 4.69) is 9.97 Å². The molecular formula is C7H11N5O2. The SMILES string of the molecule is CCC(=O)Oc1nc(N)nc(N)c1N. The van der Waals surface area contributed by atoms with Gasteiger partial charge < -0.3 is 21.9 Å². The molecule has 0 bridgehead atoms. The van der Waals surface area contributed by atoms with E-state index in [9.17, 15) is 4.79 Å². The first-order valence-corrected chi connectivity index (χ1v) is 3.93. The van der Waals surface area contributed by atoms with E-state index in [0.29, 0.717) is 0 Å². The summed E-state index contributed by atoms with van der Waals surface area (Å²) in [5.74, 6) is -0.650. The predicted molar refractivity (Wildman–Crippen MR) is 51.2 cm³/mol. The highest BCUT2D eigenvalue weighted by Gasteiger charge is 2.12. The van der Waals surface area contributed by atoms with Crippen LogP contribution in [0.3, 0.4) is 0 Å². The second kappa shape index (κ2) is 3.77. The Kier molecular flexibility index (Phi) is 2.70. The Morgan fingerprint density at radius 2 is 2.00 bits per heavy atom. The van der Waals surface area contributed by atoms with E-state index in [1.54, 1.807) is 6.92 Å². The van der Waals surface area contributed by atoms with Crippen molar-refractivity contribution in [3.8, 4) is 5.88 Å². The van der Waals surface area contributed by atoms with E-state index in [1.807, 2.05) is 0 Å². The van der Waals surface area contributed by atoms with Gasteiger partial charge in [0.15, 0.2) is 5.82 Å². The molecule has 0 radical (unpaired) electrons. The first-order chi connectivity index (χ1) is 6.54. The molecule has 1 aromatic heterocycles. The van der Waals surface area contributed by atoms with Gasteiger partial charge in [0.2, 0.25) is 5.95 Å². The van der Waals surface area contributed by atoms with Crippen molar-refractivity contribution in [1.29, 1.82) is 0 Å². The summed E-state index contributed by atoms with van der Waals surface area (Å²) < 4.78 is 4.78. The molecule has 1 rings (SSSR count). The van der Waals surface area contributed by atoms with Crippen LogP contribution in [0.5, 0.6) is 5.88 Å². The topological polar surface area (TPSA) is 130 Å². The Labute approximate surface area is 80.3 Å². The predicted octanol–water partition coefficient (Wildman–Crippen LogP) is -0.461. The number of hydrogen-bond acceptors (Lipinski definition) is 7. The third-order valence-electron chi connectivity index (χ3n) is 1.46. The van der Waals surface area contributed by atoms with Crippen molar-refractivity contribution >= 4 is 23.4 Å². The quantitative estimate of drug-likeness (QED) is 0.546. The van der Waals surface area contributed by atoms with Gasteiger partial charge in [-0.2, -0.15) is 9.97 Å². The molecule has 0 saturated carbocycles. The van der Waals surface area contributed by atoms with E-state index in [4.69, 9.17) is 21.9 Å². The molecule has 0 aliphatic rings. The number of nitrogens with two attached hydrogens (primary N) is 3. The molecule has 0 aliphatic carbocycles. The zero-order valence-electron chi connectivity index (χ0n) is 7.65. The monoisotopic (exact) mass is 197 g/mol. The van der Waals surface area contributed by atoms with E-state index < -0.39 is 5.97 Å². The Hall–Kier alpha value is -2.05. The third-order valence-corrected chi connectivity index (χ3v) is 1.46. The van der Waals surface area contributed by atoms with Gasteiger partial charge in [0.25, 0.3) is 5.88 Å². The van der Waals surface area contributed by atoms with Gasteiger partial charge in [0.1, 0.15) is 5.69 Å². The number of nitrogens with zero attached hydrogens (tertiary/aromatic N) is 2. The van der Waals surface area contributed by atoms with E-state index in [0.717, 1.165) is 0 Å². The average molecular weight is 197 g/mol. The van der Waals surface area contributed by atoms with Crippen LogP contribution >= 0.6 is 0 Å². The lowest BCUT2D eigenvalue weighted by Crippen LogP contribution is -2.12. The van der Waals surface area contributed by atoms with Crippen molar-refractivity contribution < 1.29 is 9.53 Å². The summed E-state index contributed by atoms with van der Waals surface area (Å²) in [6.45, 7) is 1.65. The zero-order valence-corrected chi connectivity index (χ0v) is 7.65. The molecule has 0 unspecified atom stereocenters. The number of esters is 1. The highest BCUT2D eigenvalue weighted by molar-refractivity contribution is 5.76. The van der Waals surface area contributed by atoms with Crippen LogP contribution in [0.25, 0.3) is 0 Å². The minimum Gasteiger partial charge on any atom is -0.405 e. The maximum absolute atomic E-state index is 10.9. The standard InChI is InChI=1S/C7H11N5O2/c1-2-3(13)14-6-4(8)5(9)11-7(10)12-6/h2,8H2,1H3,(H4,9,10,11,12). The molecule has 0 amide bonds. The molecule has 1 heterocycles. The van der Waals surface area contributed by atoms with E-state index in [1.165, 1.54) is 0 Å². The minimum atomic E-state index is -0.464. The summed E-state index contributed by atoms with van der Waals surface area (Å²) in [5, 5.41) is 0. The van der Waals surface area contributed by atoms with Crippen LogP contribution in [-0.2, 0) is 4.79 Å². The lowest BCUT2D eigenvalue weighted by atomic mass is 10.4. The largest absolute Gasteiger partial charge is 0.405 e. The molecule has 7 nitrogen and oxygen atoms in total. The molecule has 0 saturated heterocycles. The smallest absolute Gasteiger partial charge is 0.312 e. The van der Waals surface area contributed by atoms with Crippen LogP contribution in [0.1, 0.15) is 13.3 Å². The summed E-state index contributed by atoms with van der Waals surface area (Å²) in [6, 6.07) is 0. The zero-order chi connectivity index (χ0) is 10.7. The van der Waals surface area contributed by atoms with Crippen molar-refractivity contribution in [1.82, 2.24) is 9.97 Å². The summed E-state index contributed by atoms with van der Waals surface area (Å²) in [7, 11) is 0. The van der Waals surface area contributed by atoms with Gasteiger partial charge in [-0.15, -0.1) is 0 Å².